The molecular weight excluding hydrogens is 369 g/mol. The Morgan fingerprint density at radius 1 is 0.552 bits per heavy atom. The van der Waals surface area contributed by atoms with Gasteiger partial charge >= 0.3 is 0 Å². The molecule has 1 unspecified atom stereocenters. The van der Waals surface area contributed by atoms with Crippen molar-refractivity contribution in [2.24, 2.45) is 0 Å². The second-order valence-electron chi connectivity index (χ2n) is 7.41. The lowest BCUT2D eigenvalue weighted by Gasteiger charge is -2.30. The van der Waals surface area contributed by atoms with E-state index in [0.717, 1.165) is 6.16 Å². The van der Waals surface area contributed by atoms with E-state index >= 15 is 0 Å². The highest BCUT2D eigenvalue weighted by Crippen LogP contribution is 2.55. The maximum absolute atomic E-state index is 3.73. The van der Waals surface area contributed by atoms with Crippen LogP contribution in [0.1, 0.15) is 6.92 Å². The van der Waals surface area contributed by atoms with Crippen molar-refractivity contribution in [3.63, 3.8) is 0 Å². The topological polar surface area (TPSA) is 12.0 Å². The quantitative estimate of drug-likeness (QED) is 0.408. The fraction of sp³-hybridized carbons (Fsp3) is 0.111. The van der Waals surface area contributed by atoms with E-state index in [2.05, 4.69) is 134 Å². The standard InChI is InChI=1S/C27H27NP/c1-23(28-24-14-6-2-7-15-24)22-29(25-16-8-3-9-17-25,26-18-10-4-11-19-26)27-20-12-5-13-21-27/h2-21,23,28H,22H2,1H3/q+1. The van der Waals surface area contributed by atoms with Gasteiger partial charge in [0.15, 0.2) is 0 Å². The van der Waals surface area contributed by atoms with E-state index in [1.165, 1.54) is 21.6 Å². The molecule has 0 radical (unpaired) electrons. The van der Waals surface area contributed by atoms with Crippen molar-refractivity contribution >= 4 is 28.9 Å². The van der Waals surface area contributed by atoms with E-state index in [1.807, 2.05) is 0 Å². The second kappa shape index (κ2) is 9.07. The molecule has 1 nitrogen and oxygen atoms in total. The first-order valence-electron chi connectivity index (χ1n) is 10.2. The van der Waals surface area contributed by atoms with E-state index in [-0.39, 0.29) is 0 Å². The van der Waals surface area contributed by atoms with E-state index in [0.29, 0.717) is 6.04 Å². The van der Waals surface area contributed by atoms with Gasteiger partial charge in [0.2, 0.25) is 0 Å². The Balaban J connectivity index is 1.83. The molecule has 0 fully saturated rings. The largest absolute Gasteiger partial charge is 0.379 e. The first kappa shape index (κ1) is 19.4. The van der Waals surface area contributed by atoms with Crippen molar-refractivity contribution in [2.45, 2.75) is 13.0 Å². The first-order chi connectivity index (χ1) is 14.3. The van der Waals surface area contributed by atoms with Crippen LogP contribution in [0.5, 0.6) is 0 Å². The maximum atomic E-state index is 3.73. The molecule has 1 N–H and O–H groups in total. The molecule has 0 aromatic heterocycles. The van der Waals surface area contributed by atoms with Crippen LogP contribution in [0.4, 0.5) is 5.69 Å². The summed E-state index contributed by atoms with van der Waals surface area (Å²) in [6, 6.07) is 44.1. The SMILES string of the molecule is CC(C[P+](c1ccccc1)(c1ccccc1)c1ccccc1)Nc1ccccc1. The third-order valence-corrected chi connectivity index (χ3v) is 9.96. The summed E-state index contributed by atoms with van der Waals surface area (Å²) < 4.78 is 0. The van der Waals surface area contributed by atoms with Crippen LogP contribution in [0.15, 0.2) is 121 Å². The minimum Gasteiger partial charge on any atom is -0.379 e. The Kier molecular flexibility index (Phi) is 6.08. The van der Waals surface area contributed by atoms with E-state index in [4.69, 9.17) is 0 Å². The molecule has 4 aromatic rings. The highest BCUT2D eigenvalue weighted by molar-refractivity contribution is 7.95. The number of para-hydroxylation sites is 1. The minimum atomic E-state index is -1.81. The minimum absolute atomic E-state index is 0.325. The molecule has 4 rings (SSSR count). The van der Waals surface area contributed by atoms with Gasteiger partial charge in [-0.25, -0.2) is 0 Å². The summed E-state index contributed by atoms with van der Waals surface area (Å²) in [6.07, 6.45) is 1.06. The number of benzene rings is 4. The van der Waals surface area contributed by atoms with Crippen molar-refractivity contribution in [1.82, 2.24) is 0 Å². The summed E-state index contributed by atoms with van der Waals surface area (Å²) in [5, 5.41) is 8.02. The summed E-state index contributed by atoms with van der Waals surface area (Å²) in [6.45, 7) is 2.30. The van der Waals surface area contributed by atoms with Crippen LogP contribution < -0.4 is 21.2 Å². The van der Waals surface area contributed by atoms with Crippen LogP contribution in [0, 0.1) is 0 Å². The average molecular weight is 396 g/mol. The molecule has 0 saturated carbocycles. The molecule has 1 atom stereocenters. The van der Waals surface area contributed by atoms with E-state index < -0.39 is 7.26 Å². The summed E-state index contributed by atoms with van der Waals surface area (Å²) in [4.78, 5) is 0. The van der Waals surface area contributed by atoms with Gasteiger partial charge in [-0.1, -0.05) is 72.8 Å². The van der Waals surface area contributed by atoms with Gasteiger partial charge in [0.05, 0.1) is 12.2 Å². The van der Waals surface area contributed by atoms with Gasteiger partial charge in [-0.3, -0.25) is 0 Å². The highest BCUT2D eigenvalue weighted by atomic mass is 31.2. The Hall–Kier alpha value is -2.89. The van der Waals surface area contributed by atoms with Crippen LogP contribution in [0.25, 0.3) is 0 Å². The molecule has 2 heteroatoms. The number of hydrogen-bond acceptors (Lipinski definition) is 1. The maximum Gasteiger partial charge on any atom is 0.114 e. The summed E-state index contributed by atoms with van der Waals surface area (Å²) >= 11 is 0. The van der Waals surface area contributed by atoms with Gasteiger partial charge in [0.25, 0.3) is 0 Å². The summed E-state index contributed by atoms with van der Waals surface area (Å²) in [5.41, 5.74) is 1.17. The van der Waals surface area contributed by atoms with Crippen LogP contribution in [0.3, 0.4) is 0 Å². The molecule has 0 heterocycles. The van der Waals surface area contributed by atoms with E-state index in [1.54, 1.807) is 0 Å². The van der Waals surface area contributed by atoms with Crippen molar-refractivity contribution in [2.75, 3.05) is 11.5 Å². The van der Waals surface area contributed by atoms with Crippen LogP contribution in [-0.4, -0.2) is 12.2 Å². The van der Waals surface area contributed by atoms with Gasteiger partial charge < -0.3 is 5.32 Å². The van der Waals surface area contributed by atoms with Gasteiger partial charge in [-0.05, 0) is 55.5 Å². The zero-order valence-electron chi connectivity index (χ0n) is 16.8. The number of rotatable bonds is 7. The van der Waals surface area contributed by atoms with Crippen LogP contribution in [0.2, 0.25) is 0 Å². The van der Waals surface area contributed by atoms with Gasteiger partial charge in [0.1, 0.15) is 23.2 Å². The van der Waals surface area contributed by atoms with Crippen molar-refractivity contribution < 1.29 is 0 Å². The molecule has 4 aromatic carbocycles. The van der Waals surface area contributed by atoms with Crippen molar-refractivity contribution in [3.05, 3.63) is 121 Å². The third-order valence-electron chi connectivity index (χ3n) is 5.33. The molecule has 0 bridgehead atoms. The molecule has 0 saturated heterocycles. The number of anilines is 1. The highest BCUT2D eigenvalue weighted by Gasteiger charge is 2.46. The van der Waals surface area contributed by atoms with Gasteiger partial charge in [0, 0.05) is 5.69 Å². The summed E-state index contributed by atoms with van der Waals surface area (Å²) in [7, 11) is -1.81. The Morgan fingerprint density at radius 2 is 0.897 bits per heavy atom. The first-order valence-corrected chi connectivity index (χ1v) is 12.1. The lowest BCUT2D eigenvalue weighted by atomic mass is 10.3. The molecule has 29 heavy (non-hydrogen) atoms. The lowest BCUT2D eigenvalue weighted by Crippen LogP contribution is -2.38. The summed E-state index contributed by atoms with van der Waals surface area (Å²) in [5.74, 6) is 0. The molecule has 0 aliphatic carbocycles. The fourth-order valence-corrected chi connectivity index (χ4v) is 8.57. The van der Waals surface area contributed by atoms with Crippen molar-refractivity contribution in [3.8, 4) is 0 Å². The van der Waals surface area contributed by atoms with E-state index in [9.17, 15) is 0 Å². The monoisotopic (exact) mass is 396 g/mol. The Morgan fingerprint density at radius 3 is 1.28 bits per heavy atom. The Labute approximate surface area is 174 Å². The van der Waals surface area contributed by atoms with Gasteiger partial charge in [-0.15, -0.1) is 0 Å². The molecule has 144 valence electrons. The molecule has 0 aliphatic rings. The predicted molar refractivity (Wildman–Crippen MR) is 130 cm³/mol. The number of nitrogens with one attached hydrogen (secondary N) is 1. The second-order valence-corrected chi connectivity index (χ2v) is 10.9. The third kappa shape index (κ3) is 4.26. The zero-order chi connectivity index (χ0) is 19.9. The molecule has 0 spiro atoms. The molecular formula is C27H27NP+. The average Bonchev–Trinajstić information content (AvgIpc) is 2.80. The smallest absolute Gasteiger partial charge is 0.114 e. The normalized spacial score (nSPS) is 12.3. The fourth-order valence-electron chi connectivity index (χ4n) is 4.09. The predicted octanol–water partition coefficient (Wildman–Crippen LogP) is 5.48. The molecule has 0 amide bonds. The molecule has 0 aliphatic heterocycles. The lowest BCUT2D eigenvalue weighted by molar-refractivity contribution is 0.907. The van der Waals surface area contributed by atoms with Gasteiger partial charge in [-0.2, -0.15) is 0 Å². The van der Waals surface area contributed by atoms with Crippen LogP contribution >= 0.6 is 7.26 Å². The Bertz CT molecular complexity index is 905. The van der Waals surface area contributed by atoms with Crippen molar-refractivity contribution in [1.29, 1.82) is 0 Å². The van der Waals surface area contributed by atoms with Crippen LogP contribution in [-0.2, 0) is 0 Å². The number of hydrogen-bond donors (Lipinski definition) is 1. The zero-order valence-corrected chi connectivity index (χ0v) is 17.7.